The summed E-state index contributed by atoms with van der Waals surface area (Å²) in [6.45, 7) is 6.07. The third kappa shape index (κ3) is 2.33. The first-order chi connectivity index (χ1) is 10.4. The van der Waals surface area contributed by atoms with Crippen LogP contribution in [0.25, 0.3) is 16.8 Å². The van der Waals surface area contributed by atoms with Gasteiger partial charge in [-0.25, -0.2) is 4.98 Å². The van der Waals surface area contributed by atoms with Crippen molar-refractivity contribution in [2.75, 3.05) is 0 Å². The molecule has 0 N–H and O–H groups in total. The smallest absolute Gasteiger partial charge is 0.146 e. The molecule has 1 aromatic carbocycles. The van der Waals surface area contributed by atoms with E-state index >= 15 is 0 Å². The molecule has 3 nitrogen and oxygen atoms in total. The Balaban J connectivity index is 2.46. The molecule has 110 valence electrons. The Morgan fingerprint density at radius 2 is 1.77 bits per heavy atom. The molecule has 3 aromatic rings. The van der Waals surface area contributed by atoms with E-state index < -0.39 is 0 Å². The van der Waals surface area contributed by atoms with Crippen LogP contribution in [0, 0.1) is 32.1 Å². The van der Waals surface area contributed by atoms with Crippen LogP contribution in [0.5, 0.6) is 0 Å². The highest BCUT2D eigenvalue weighted by Gasteiger charge is 2.17. The van der Waals surface area contributed by atoms with Gasteiger partial charge < -0.3 is 0 Å². The van der Waals surface area contributed by atoms with Crippen LogP contribution in [0.1, 0.15) is 22.5 Å². The van der Waals surface area contributed by atoms with E-state index in [0.29, 0.717) is 5.69 Å². The first-order valence-corrected chi connectivity index (χ1v) is 8.05. The van der Waals surface area contributed by atoms with Gasteiger partial charge in [0, 0.05) is 15.7 Å². The molecule has 0 radical (unpaired) electrons. The summed E-state index contributed by atoms with van der Waals surface area (Å²) in [7, 11) is 0. The van der Waals surface area contributed by atoms with E-state index in [4.69, 9.17) is 0 Å². The fourth-order valence-corrected chi connectivity index (χ4v) is 3.97. The summed E-state index contributed by atoms with van der Waals surface area (Å²) in [6, 6.07) is 10.1. The van der Waals surface area contributed by atoms with E-state index in [1.54, 1.807) is 4.40 Å². The molecule has 0 saturated carbocycles. The van der Waals surface area contributed by atoms with E-state index in [-0.39, 0.29) is 0 Å². The fraction of sp³-hybridized carbons (Fsp3) is 0.176. The number of halogens is 1. The first-order valence-electron chi connectivity index (χ1n) is 6.81. The van der Waals surface area contributed by atoms with Gasteiger partial charge in [-0.15, -0.1) is 12.6 Å². The van der Waals surface area contributed by atoms with Crippen LogP contribution in [0.2, 0.25) is 0 Å². The predicted octanol–water partition coefficient (Wildman–Crippen LogP) is 4.85. The number of aromatic nitrogens is 2. The lowest BCUT2D eigenvalue weighted by atomic mass is 9.97. The molecule has 3 rings (SSSR count). The van der Waals surface area contributed by atoms with Crippen LogP contribution in [0.3, 0.4) is 0 Å². The lowest BCUT2D eigenvalue weighted by molar-refractivity contribution is 0.959. The maximum absolute atomic E-state index is 9.43. The minimum atomic E-state index is 0.546. The minimum Gasteiger partial charge on any atom is -0.279 e. The molecular formula is C17H14BrN3S. The van der Waals surface area contributed by atoms with Gasteiger partial charge in [0.25, 0.3) is 0 Å². The number of benzene rings is 1. The van der Waals surface area contributed by atoms with Crippen LogP contribution in [-0.4, -0.2) is 9.38 Å². The van der Waals surface area contributed by atoms with Crippen LogP contribution < -0.4 is 0 Å². The highest BCUT2D eigenvalue weighted by molar-refractivity contribution is 9.10. The van der Waals surface area contributed by atoms with Crippen molar-refractivity contribution < 1.29 is 0 Å². The van der Waals surface area contributed by atoms with Crippen LogP contribution >= 0.6 is 28.6 Å². The van der Waals surface area contributed by atoms with Crippen molar-refractivity contribution in [3.05, 3.63) is 51.3 Å². The zero-order valence-corrected chi connectivity index (χ0v) is 15.0. The van der Waals surface area contributed by atoms with E-state index in [1.165, 1.54) is 0 Å². The number of thiol groups is 1. The molecule has 2 heterocycles. The molecule has 0 spiro atoms. The molecule has 2 aromatic heterocycles. The topological polar surface area (TPSA) is 41.1 Å². The van der Waals surface area contributed by atoms with Crippen LogP contribution in [0.4, 0.5) is 0 Å². The van der Waals surface area contributed by atoms with Crippen molar-refractivity contribution in [2.24, 2.45) is 0 Å². The highest BCUT2D eigenvalue weighted by atomic mass is 79.9. The van der Waals surface area contributed by atoms with Crippen molar-refractivity contribution in [3.8, 4) is 17.2 Å². The van der Waals surface area contributed by atoms with E-state index in [1.807, 2.05) is 19.1 Å². The zero-order valence-electron chi connectivity index (χ0n) is 12.5. The Labute approximate surface area is 143 Å². The normalized spacial score (nSPS) is 10.9. The van der Waals surface area contributed by atoms with Gasteiger partial charge in [0.2, 0.25) is 0 Å². The summed E-state index contributed by atoms with van der Waals surface area (Å²) in [5.41, 5.74) is 6.58. The van der Waals surface area contributed by atoms with Gasteiger partial charge in [-0.1, -0.05) is 15.9 Å². The molecular weight excluding hydrogens is 358 g/mol. The van der Waals surface area contributed by atoms with Crippen molar-refractivity contribution >= 4 is 34.2 Å². The minimum absolute atomic E-state index is 0.546. The van der Waals surface area contributed by atoms with E-state index in [0.717, 1.165) is 43.1 Å². The first kappa shape index (κ1) is 15.1. The molecule has 0 saturated heterocycles. The molecule has 0 amide bonds. The number of fused-ring (bicyclic) bond motifs is 1. The van der Waals surface area contributed by atoms with Gasteiger partial charge in [0.1, 0.15) is 17.4 Å². The molecule has 0 aliphatic heterocycles. The monoisotopic (exact) mass is 371 g/mol. The maximum atomic E-state index is 9.43. The highest BCUT2D eigenvalue weighted by Crippen LogP contribution is 2.35. The second-order valence-corrected chi connectivity index (χ2v) is 6.76. The molecule has 0 fully saturated rings. The quantitative estimate of drug-likeness (QED) is 0.490. The van der Waals surface area contributed by atoms with E-state index in [2.05, 4.69) is 65.6 Å². The maximum Gasteiger partial charge on any atom is 0.146 e. The molecule has 0 aliphatic rings. The third-order valence-electron chi connectivity index (χ3n) is 3.71. The standard InChI is InChI=1S/C17H14BrN3S/c1-9-4-12(18)5-10(2)16(9)14-7-13(8-19)21-15(22)6-11(3)20-17(14)21/h4-7,22H,1-3H3. The van der Waals surface area contributed by atoms with Gasteiger partial charge >= 0.3 is 0 Å². The Morgan fingerprint density at radius 1 is 1.14 bits per heavy atom. The summed E-state index contributed by atoms with van der Waals surface area (Å²) in [4.78, 5) is 4.64. The lowest BCUT2D eigenvalue weighted by Gasteiger charge is -2.10. The average molecular weight is 372 g/mol. The van der Waals surface area contributed by atoms with Crippen LogP contribution in [-0.2, 0) is 0 Å². The van der Waals surface area contributed by atoms with Gasteiger partial charge in [-0.05, 0) is 61.7 Å². The summed E-state index contributed by atoms with van der Waals surface area (Å²) in [6.07, 6.45) is 0. The van der Waals surface area contributed by atoms with Gasteiger partial charge in [-0.3, -0.25) is 4.40 Å². The predicted molar refractivity (Wildman–Crippen MR) is 94.5 cm³/mol. The summed E-state index contributed by atoms with van der Waals surface area (Å²) >= 11 is 8.03. The molecule has 0 bridgehead atoms. The number of hydrogen-bond acceptors (Lipinski definition) is 3. The average Bonchev–Trinajstić information content (AvgIpc) is 2.76. The van der Waals surface area contributed by atoms with Gasteiger partial charge in [-0.2, -0.15) is 5.26 Å². The largest absolute Gasteiger partial charge is 0.279 e. The Hall–Kier alpha value is -1.77. The summed E-state index contributed by atoms with van der Waals surface area (Å²) in [5, 5.41) is 10.2. The van der Waals surface area contributed by atoms with Gasteiger partial charge in [0.05, 0.1) is 5.03 Å². The van der Waals surface area contributed by atoms with E-state index in [9.17, 15) is 5.26 Å². The van der Waals surface area contributed by atoms with Crippen molar-refractivity contribution in [3.63, 3.8) is 0 Å². The van der Waals surface area contributed by atoms with Crippen LogP contribution in [0.15, 0.2) is 33.8 Å². The number of nitrogens with zero attached hydrogens (tertiary/aromatic N) is 3. The third-order valence-corrected chi connectivity index (χ3v) is 4.49. The number of aryl methyl sites for hydroxylation is 3. The van der Waals surface area contributed by atoms with Crippen molar-refractivity contribution in [2.45, 2.75) is 25.8 Å². The molecule has 0 aliphatic carbocycles. The second kappa shape index (κ2) is 5.45. The Kier molecular flexibility index (Phi) is 3.75. The molecule has 5 heteroatoms. The second-order valence-electron chi connectivity index (χ2n) is 5.38. The summed E-state index contributed by atoms with van der Waals surface area (Å²) < 4.78 is 2.85. The Morgan fingerprint density at radius 3 is 2.36 bits per heavy atom. The molecule has 0 unspecified atom stereocenters. The lowest BCUT2D eigenvalue weighted by Crippen LogP contribution is -1.96. The summed E-state index contributed by atoms with van der Waals surface area (Å²) in [5.74, 6) is 0. The zero-order chi connectivity index (χ0) is 16.0. The Bertz CT molecular complexity index is 928. The SMILES string of the molecule is Cc1cc(S)n2c(C#N)cc(-c3c(C)cc(Br)cc3C)c2n1. The van der Waals surface area contributed by atoms with Crippen molar-refractivity contribution in [1.82, 2.24) is 9.38 Å². The number of nitriles is 1. The number of hydrogen-bond donors (Lipinski definition) is 1. The molecule has 22 heavy (non-hydrogen) atoms. The van der Waals surface area contributed by atoms with Crippen molar-refractivity contribution in [1.29, 1.82) is 5.26 Å². The fourth-order valence-electron chi connectivity index (χ4n) is 2.89. The van der Waals surface area contributed by atoms with Gasteiger partial charge in [0.15, 0.2) is 0 Å². The molecule has 0 atom stereocenters. The number of rotatable bonds is 1.